The van der Waals surface area contributed by atoms with Gasteiger partial charge in [-0.25, -0.2) is 0 Å². The average Bonchev–Trinajstić information content (AvgIpc) is 3.90. The molecule has 0 amide bonds. The maximum Gasteiger partial charge on any atom is 0.0867 e. The van der Waals surface area contributed by atoms with E-state index in [4.69, 9.17) is 0 Å². The van der Waals surface area contributed by atoms with Crippen LogP contribution in [0.2, 0.25) is 0 Å². The van der Waals surface area contributed by atoms with E-state index in [1.54, 1.807) is 0 Å². The maximum atomic E-state index is 3.91. The minimum absolute atomic E-state index is 0.158. The SMILES string of the molecule is c1ccc(CCNC(c2ccccc2)N2CC2c2cccc(-n3c4ccccc4c4c5c6ccccc6ccc5c5ccccc5c43)c2)cc1. The lowest BCUT2D eigenvalue weighted by Crippen LogP contribution is -2.29. The van der Waals surface area contributed by atoms with E-state index < -0.39 is 0 Å². The number of hydrogen-bond donors (Lipinski definition) is 1. The van der Waals surface area contributed by atoms with Crippen LogP contribution in [0.25, 0.3) is 59.8 Å². The normalized spacial score (nSPS) is 16.5. The molecular formula is C47H37N3. The zero-order valence-corrected chi connectivity index (χ0v) is 27.8. The lowest BCUT2D eigenvalue weighted by atomic mass is 9.93. The van der Waals surface area contributed by atoms with Crippen molar-refractivity contribution in [3.63, 3.8) is 0 Å². The van der Waals surface area contributed by atoms with E-state index in [-0.39, 0.29) is 6.17 Å². The third-order valence-corrected chi connectivity index (χ3v) is 10.7. The number of para-hydroxylation sites is 1. The van der Waals surface area contributed by atoms with Crippen LogP contribution in [0.1, 0.15) is 28.9 Å². The Labute approximate surface area is 292 Å². The molecule has 50 heavy (non-hydrogen) atoms. The third kappa shape index (κ3) is 4.81. The van der Waals surface area contributed by atoms with Crippen LogP contribution < -0.4 is 5.32 Å². The number of nitrogens with zero attached hydrogens (tertiary/aromatic N) is 2. The quantitative estimate of drug-likeness (QED) is 0.131. The van der Waals surface area contributed by atoms with Gasteiger partial charge < -0.3 is 4.57 Å². The molecule has 1 N–H and O–H groups in total. The van der Waals surface area contributed by atoms with Gasteiger partial charge in [0.05, 0.1) is 17.2 Å². The Kier molecular flexibility index (Phi) is 7.00. The number of fused-ring (bicyclic) bond motifs is 10. The van der Waals surface area contributed by atoms with Gasteiger partial charge in [0.1, 0.15) is 0 Å². The Balaban J connectivity index is 1.10. The molecule has 3 unspecified atom stereocenters. The monoisotopic (exact) mass is 643 g/mol. The number of rotatable bonds is 8. The predicted octanol–water partition coefficient (Wildman–Crippen LogP) is 11.1. The minimum atomic E-state index is 0.158. The largest absolute Gasteiger partial charge is 0.309 e. The summed E-state index contributed by atoms with van der Waals surface area (Å²) in [5.41, 5.74) is 7.75. The smallest absolute Gasteiger partial charge is 0.0867 e. The third-order valence-electron chi connectivity index (χ3n) is 10.7. The van der Waals surface area contributed by atoms with Crippen molar-refractivity contribution in [1.29, 1.82) is 0 Å². The lowest BCUT2D eigenvalue weighted by molar-refractivity contribution is 0.318. The van der Waals surface area contributed by atoms with Gasteiger partial charge in [0.2, 0.25) is 0 Å². The molecule has 1 saturated heterocycles. The summed E-state index contributed by atoms with van der Waals surface area (Å²) in [6, 6.07) is 62.7. The minimum Gasteiger partial charge on any atom is -0.309 e. The molecule has 1 aromatic heterocycles. The van der Waals surface area contributed by atoms with Gasteiger partial charge in [0.15, 0.2) is 0 Å². The Morgan fingerprint density at radius 3 is 2.10 bits per heavy atom. The average molecular weight is 644 g/mol. The highest BCUT2D eigenvalue weighted by molar-refractivity contribution is 6.36. The van der Waals surface area contributed by atoms with E-state index in [1.807, 2.05) is 0 Å². The van der Waals surface area contributed by atoms with E-state index in [9.17, 15) is 0 Å². The van der Waals surface area contributed by atoms with Crippen molar-refractivity contribution >= 4 is 54.1 Å². The van der Waals surface area contributed by atoms with Crippen molar-refractivity contribution < 1.29 is 0 Å². The second-order valence-electron chi connectivity index (χ2n) is 13.6. The summed E-state index contributed by atoms with van der Waals surface area (Å²) in [7, 11) is 0. The first-order chi connectivity index (χ1) is 24.8. The molecule has 1 fully saturated rings. The first-order valence-corrected chi connectivity index (χ1v) is 17.8. The molecule has 3 atom stereocenters. The second-order valence-corrected chi connectivity index (χ2v) is 13.6. The highest BCUT2D eigenvalue weighted by Crippen LogP contribution is 2.46. The van der Waals surface area contributed by atoms with Crippen LogP contribution in [0.4, 0.5) is 0 Å². The molecule has 2 heterocycles. The van der Waals surface area contributed by atoms with Crippen molar-refractivity contribution in [3.8, 4) is 5.69 Å². The van der Waals surface area contributed by atoms with Gasteiger partial charge in [0.25, 0.3) is 0 Å². The number of hydrogen-bond acceptors (Lipinski definition) is 2. The summed E-state index contributed by atoms with van der Waals surface area (Å²) in [6.07, 6.45) is 1.16. The van der Waals surface area contributed by atoms with Crippen molar-refractivity contribution in [3.05, 3.63) is 187 Å². The number of benzene rings is 8. The molecule has 0 saturated carbocycles. The second kappa shape index (κ2) is 12.0. The molecule has 1 aliphatic rings. The lowest BCUT2D eigenvalue weighted by Gasteiger charge is -2.22. The van der Waals surface area contributed by atoms with Crippen LogP contribution >= 0.6 is 0 Å². The summed E-state index contributed by atoms with van der Waals surface area (Å²) in [4.78, 5) is 2.60. The van der Waals surface area contributed by atoms with E-state index in [0.717, 1.165) is 19.5 Å². The molecule has 9 aromatic rings. The van der Waals surface area contributed by atoms with Gasteiger partial charge in [-0.2, -0.15) is 0 Å². The molecule has 0 spiro atoms. The van der Waals surface area contributed by atoms with Crippen molar-refractivity contribution in [2.45, 2.75) is 18.6 Å². The number of aromatic nitrogens is 1. The van der Waals surface area contributed by atoms with Crippen molar-refractivity contribution in [2.75, 3.05) is 13.1 Å². The van der Waals surface area contributed by atoms with E-state index >= 15 is 0 Å². The first-order valence-electron chi connectivity index (χ1n) is 17.8. The maximum absolute atomic E-state index is 3.91. The van der Waals surface area contributed by atoms with E-state index in [1.165, 1.54) is 76.5 Å². The Morgan fingerprint density at radius 2 is 1.26 bits per heavy atom. The Bertz CT molecular complexity index is 2670. The van der Waals surface area contributed by atoms with Crippen LogP contribution in [0.3, 0.4) is 0 Å². The fraction of sp³-hybridized carbons (Fsp3) is 0.106. The fourth-order valence-electron chi connectivity index (χ4n) is 8.37. The van der Waals surface area contributed by atoms with Crippen LogP contribution in [0.15, 0.2) is 170 Å². The Morgan fingerprint density at radius 1 is 0.560 bits per heavy atom. The Hall–Kier alpha value is -5.74. The molecule has 3 nitrogen and oxygen atoms in total. The molecular weight excluding hydrogens is 607 g/mol. The van der Waals surface area contributed by atoms with Gasteiger partial charge in [-0.1, -0.05) is 152 Å². The summed E-state index contributed by atoms with van der Waals surface area (Å²) >= 11 is 0. The summed E-state index contributed by atoms with van der Waals surface area (Å²) in [5.74, 6) is 0. The van der Waals surface area contributed by atoms with Crippen LogP contribution in [-0.4, -0.2) is 22.6 Å². The zero-order chi connectivity index (χ0) is 33.0. The van der Waals surface area contributed by atoms with Crippen molar-refractivity contribution in [1.82, 2.24) is 14.8 Å². The van der Waals surface area contributed by atoms with Gasteiger partial charge in [0, 0.05) is 46.4 Å². The molecule has 1 aliphatic heterocycles. The molecule has 8 aromatic carbocycles. The zero-order valence-electron chi connectivity index (χ0n) is 27.8. The van der Waals surface area contributed by atoms with Gasteiger partial charge in [-0.3, -0.25) is 10.2 Å². The molecule has 240 valence electrons. The molecule has 0 aliphatic carbocycles. The molecule has 0 bridgehead atoms. The van der Waals surface area contributed by atoms with Crippen LogP contribution in [0.5, 0.6) is 0 Å². The van der Waals surface area contributed by atoms with E-state index in [2.05, 4.69) is 185 Å². The highest BCUT2D eigenvalue weighted by atomic mass is 15.4. The summed E-state index contributed by atoms with van der Waals surface area (Å²) in [6.45, 7) is 1.94. The summed E-state index contributed by atoms with van der Waals surface area (Å²) in [5, 5.41) is 14.3. The topological polar surface area (TPSA) is 20.0 Å². The molecule has 10 rings (SSSR count). The van der Waals surface area contributed by atoms with Crippen LogP contribution in [-0.2, 0) is 6.42 Å². The fourth-order valence-corrected chi connectivity index (χ4v) is 8.37. The first kappa shape index (κ1) is 29.2. The van der Waals surface area contributed by atoms with Gasteiger partial charge in [-0.05, 0) is 62.9 Å². The molecule has 3 heteroatoms. The highest BCUT2D eigenvalue weighted by Gasteiger charge is 2.41. The van der Waals surface area contributed by atoms with Gasteiger partial charge in [-0.15, -0.1) is 0 Å². The van der Waals surface area contributed by atoms with Crippen molar-refractivity contribution in [2.24, 2.45) is 0 Å². The standard InChI is InChI=1S/C47H37N3/c1-3-14-32(15-4-1)28-29-48-47(34-17-5-2-6-18-34)49-31-43(49)35-19-13-20-36(30-35)50-42-25-12-11-24-41(42)45-44-37-21-8-7-16-33(37)26-27-39(44)38-22-9-10-23-40(38)46(45)50/h1-27,30,43,47-48H,28-29,31H2. The molecule has 0 radical (unpaired) electrons. The number of nitrogens with one attached hydrogen (secondary N) is 1. The van der Waals surface area contributed by atoms with Gasteiger partial charge >= 0.3 is 0 Å². The van der Waals surface area contributed by atoms with E-state index in [0.29, 0.717) is 6.04 Å². The predicted molar refractivity (Wildman–Crippen MR) is 210 cm³/mol. The summed E-state index contributed by atoms with van der Waals surface area (Å²) < 4.78 is 2.53. The van der Waals surface area contributed by atoms with Crippen LogP contribution in [0, 0.1) is 0 Å².